The molecule has 2 heterocycles. The predicted octanol–water partition coefficient (Wildman–Crippen LogP) is 5.16. The van der Waals surface area contributed by atoms with Crippen molar-refractivity contribution in [3.05, 3.63) is 76.9 Å². The standard InChI is InChI=1S/C23H26ClN3/c1-26-23(17-22(25-26)19-7-9-21(24)10-8-19)20-12-15-27(16-13-20)14-11-18-5-3-2-4-6-18/h2-10,17,20H,11-16H2,1H3. The summed E-state index contributed by atoms with van der Waals surface area (Å²) in [5.41, 5.74) is 4.94. The highest BCUT2D eigenvalue weighted by molar-refractivity contribution is 6.30. The molecular formula is C23H26ClN3. The Kier molecular flexibility index (Phi) is 5.61. The van der Waals surface area contributed by atoms with Gasteiger partial charge in [0.2, 0.25) is 0 Å². The van der Waals surface area contributed by atoms with Gasteiger partial charge in [-0.15, -0.1) is 0 Å². The lowest BCUT2D eigenvalue weighted by atomic mass is 9.92. The van der Waals surface area contributed by atoms with Gasteiger partial charge in [0.25, 0.3) is 0 Å². The van der Waals surface area contributed by atoms with E-state index in [0.29, 0.717) is 5.92 Å². The zero-order valence-corrected chi connectivity index (χ0v) is 16.6. The Hall–Kier alpha value is -2.10. The van der Waals surface area contributed by atoms with Crippen LogP contribution in [0.3, 0.4) is 0 Å². The number of aromatic nitrogens is 2. The van der Waals surface area contributed by atoms with Crippen LogP contribution in [0.15, 0.2) is 60.7 Å². The molecule has 4 heteroatoms. The second-order valence-electron chi connectivity index (χ2n) is 7.44. The summed E-state index contributed by atoms with van der Waals surface area (Å²) in [5.74, 6) is 0.594. The van der Waals surface area contributed by atoms with Gasteiger partial charge in [-0.05, 0) is 56.1 Å². The molecule has 0 atom stereocenters. The van der Waals surface area contributed by atoms with Crippen molar-refractivity contribution >= 4 is 11.6 Å². The topological polar surface area (TPSA) is 21.1 Å². The van der Waals surface area contributed by atoms with Crippen molar-refractivity contribution < 1.29 is 0 Å². The molecule has 0 spiro atoms. The zero-order chi connectivity index (χ0) is 18.6. The minimum atomic E-state index is 0.594. The van der Waals surface area contributed by atoms with Crippen molar-refractivity contribution in [2.45, 2.75) is 25.2 Å². The first-order valence-corrected chi connectivity index (χ1v) is 10.1. The van der Waals surface area contributed by atoms with E-state index in [1.54, 1.807) is 0 Å². The summed E-state index contributed by atoms with van der Waals surface area (Å²) in [6.45, 7) is 3.48. The Bertz CT molecular complexity index is 862. The maximum absolute atomic E-state index is 6.01. The summed E-state index contributed by atoms with van der Waals surface area (Å²) in [6.07, 6.45) is 3.54. The zero-order valence-electron chi connectivity index (χ0n) is 15.8. The molecule has 1 aliphatic rings. The van der Waals surface area contributed by atoms with Gasteiger partial charge in [0.05, 0.1) is 5.69 Å². The van der Waals surface area contributed by atoms with E-state index in [1.807, 2.05) is 24.3 Å². The smallest absolute Gasteiger partial charge is 0.0926 e. The minimum absolute atomic E-state index is 0.594. The van der Waals surface area contributed by atoms with Crippen LogP contribution in [0.25, 0.3) is 11.3 Å². The van der Waals surface area contributed by atoms with Crippen molar-refractivity contribution in [3.8, 4) is 11.3 Å². The van der Waals surface area contributed by atoms with E-state index in [-0.39, 0.29) is 0 Å². The number of halogens is 1. The normalized spacial score (nSPS) is 15.9. The van der Waals surface area contributed by atoms with E-state index in [4.69, 9.17) is 16.7 Å². The molecule has 0 unspecified atom stereocenters. The lowest BCUT2D eigenvalue weighted by Gasteiger charge is -2.32. The van der Waals surface area contributed by atoms with Gasteiger partial charge in [0, 0.05) is 35.8 Å². The van der Waals surface area contributed by atoms with Crippen LogP contribution >= 0.6 is 11.6 Å². The van der Waals surface area contributed by atoms with Crippen LogP contribution in [-0.4, -0.2) is 34.3 Å². The summed E-state index contributed by atoms with van der Waals surface area (Å²) >= 11 is 6.01. The fraction of sp³-hybridized carbons (Fsp3) is 0.348. The van der Waals surface area contributed by atoms with E-state index in [1.165, 1.54) is 37.2 Å². The maximum atomic E-state index is 6.01. The lowest BCUT2D eigenvalue weighted by molar-refractivity contribution is 0.211. The number of nitrogens with zero attached hydrogens (tertiary/aromatic N) is 3. The van der Waals surface area contributed by atoms with Gasteiger partial charge in [-0.1, -0.05) is 54.1 Å². The second kappa shape index (κ2) is 8.28. The first-order valence-electron chi connectivity index (χ1n) is 9.75. The van der Waals surface area contributed by atoms with Crippen molar-refractivity contribution in [1.29, 1.82) is 0 Å². The molecule has 0 radical (unpaired) electrons. The lowest BCUT2D eigenvalue weighted by Crippen LogP contribution is -2.34. The average Bonchev–Trinajstić information content (AvgIpc) is 3.10. The molecule has 0 bridgehead atoms. The third kappa shape index (κ3) is 4.42. The molecule has 1 saturated heterocycles. The molecule has 1 aliphatic heterocycles. The van der Waals surface area contributed by atoms with Gasteiger partial charge in [-0.2, -0.15) is 5.10 Å². The molecular weight excluding hydrogens is 354 g/mol. The van der Waals surface area contributed by atoms with E-state index in [2.05, 4.69) is 53.0 Å². The van der Waals surface area contributed by atoms with Gasteiger partial charge in [-0.3, -0.25) is 4.68 Å². The molecule has 1 aromatic heterocycles. The summed E-state index contributed by atoms with van der Waals surface area (Å²) in [4.78, 5) is 2.60. The van der Waals surface area contributed by atoms with Crippen LogP contribution in [0.5, 0.6) is 0 Å². The van der Waals surface area contributed by atoms with Crippen LogP contribution in [0, 0.1) is 0 Å². The first kappa shape index (κ1) is 18.3. The largest absolute Gasteiger partial charge is 0.303 e. The van der Waals surface area contributed by atoms with Crippen LogP contribution < -0.4 is 0 Å². The molecule has 3 nitrogen and oxygen atoms in total. The second-order valence-corrected chi connectivity index (χ2v) is 7.87. The Morgan fingerprint density at radius 1 is 1.00 bits per heavy atom. The van der Waals surface area contributed by atoms with Gasteiger partial charge in [0.15, 0.2) is 0 Å². The van der Waals surface area contributed by atoms with Crippen LogP contribution in [-0.2, 0) is 13.5 Å². The molecule has 2 aromatic carbocycles. The average molecular weight is 380 g/mol. The third-order valence-corrected chi connectivity index (χ3v) is 5.87. The summed E-state index contributed by atoms with van der Waals surface area (Å²) in [6, 6.07) is 21.0. The number of piperidine rings is 1. The van der Waals surface area contributed by atoms with Crippen LogP contribution in [0.4, 0.5) is 0 Å². The number of hydrogen-bond donors (Lipinski definition) is 0. The van der Waals surface area contributed by atoms with E-state index in [9.17, 15) is 0 Å². The highest BCUT2D eigenvalue weighted by Crippen LogP contribution is 2.31. The number of aryl methyl sites for hydroxylation is 1. The van der Waals surface area contributed by atoms with E-state index >= 15 is 0 Å². The molecule has 140 valence electrons. The molecule has 0 N–H and O–H groups in total. The highest BCUT2D eigenvalue weighted by atomic mass is 35.5. The number of benzene rings is 2. The molecule has 27 heavy (non-hydrogen) atoms. The van der Waals surface area contributed by atoms with E-state index in [0.717, 1.165) is 29.2 Å². The quantitative estimate of drug-likeness (QED) is 0.610. The summed E-state index contributed by atoms with van der Waals surface area (Å²) in [5, 5.41) is 5.50. The minimum Gasteiger partial charge on any atom is -0.303 e. The highest BCUT2D eigenvalue weighted by Gasteiger charge is 2.23. The van der Waals surface area contributed by atoms with Crippen molar-refractivity contribution in [1.82, 2.24) is 14.7 Å². The monoisotopic (exact) mass is 379 g/mol. The fourth-order valence-electron chi connectivity index (χ4n) is 4.01. The molecule has 3 aromatic rings. The van der Waals surface area contributed by atoms with Gasteiger partial charge >= 0.3 is 0 Å². The van der Waals surface area contributed by atoms with Gasteiger partial charge in [-0.25, -0.2) is 0 Å². The Morgan fingerprint density at radius 2 is 1.70 bits per heavy atom. The van der Waals surface area contributed by atoms with Gasteiger partial charge < -0.3 is 4.90 Å². The molecule has 0 aliphatic carbocycles. The molecule has 4 rings (SSSR count). The molecule has 0 amide bonds. The van der Waals surface area contributed by atoms with Crippen molar-refractivity contribution in [2.75, 3.05) is 19.6 Å². The number of likely N-dealkylation sites (tertiary alicyclic amines) is 1. The summed E-state index contributed by atoms with van der Waals surface area (Å²) < 4.78 is 2.06. The predicted molar refractivity (Wildman–Crippen MR) is 112 cm³/mol. The van der Waals surface area contributed by atoms with Crippen LogP contribution in [0.2, 0.25) is 5.02 Å². The Balaban J connectivity index is 1.36. The van der Waals surface area contributed by atoms with Crippen molar-refractivity contribution in [2.24, 2.45) is 7.05 Å². The Morgan fingerprint density at radius 3 is 2.41 bits per heavy atom. The molecule has 1 fully saturated rings. The van der Waals surface area contributed by atoms with E-state index < -0.39 is 0 Å². The number of hydrogen-bond acceptors (Lipinski definition) is 2. The summed E-state index contributed by atoms with van der Waals surface area (Å²) in [7, 11) is 2.07. The molecule has 0 saturated carbocycles. The van der Waals surface area contributed by atoms with Crippen LogP contribution in [0.1, 0.15) is 30.0 Å². The van der Waals surface area contributed by atoms with Gasteiger partial charge in [0.1, 0.15) is 0 Å². The first-order chi connectivity index (χ1) is 13.2. The van der Waals surface area contributed by atoms with Crippen molar-refractivity contribution in [3.63, 3.8) is 0 Å². The number of rotatable bonds is 5. The fourth-order valence-corrected chi connectivity index (χ4v) is 4.14. The Labute approximate surface area is 166 Å². The third-order valence-electron chi connectivity index (χ3n) is 5.62. The maximum Gasteiger partial charge on any atom is 0.0926 e. The SMILES string of the molecule is Cn1nc(-c2ccc(Cl)cc2)cc1C1CCN(CCc2ccccc2)CC1.